The third-order valence-corrected chi connectivity index (χ3v) is 4.16. The standard InChI is InChI=1S/C16H17NO3S/c1-11(16(19)20)15(12-6-3-2-4-7-12)17-14(18)10-13-8-5-9-21-13/h2-9,11,15H,10H2,1H3,(H,17,18)(H,19,20). The molecule has 2 aromatic rings. The molecule has 21 heavy (non-hydrogen) atoms. The lowest BCUT2D eigenvalue weighted by atomic mass is 9.94. The fourth-order valence-corrected chi connectivity index (χ4v) is 2.80. The van der Waals surface area contributed by atoms with Crippen molar-refractivity contribution in [1.82, 2.24) is 5.32 Å². The van der Waals surface area contributed by atoms with Crippen molar-refractivity contribution >= 4 is 23.2 Å². The number of benzene rings is 1. The van der Waals surface area contributed by atoms with Crippen molar-refractivity contribution < 1.29 is 14.7 Å². The highest BCUT2D eigenvalue weighted by atomic mass is 32.1. The van der Waals surface area contributed by atoms with Gasteiger partial charge in [0.25, 0.3) is 0 Å². The third kappa shape index (κ3) is 4.16. The Balaban J connectivity index is 2.12. The summed E-state index contributed by atoms with van der Waals surface area (Å²) in [5.74, 6) is -1.79. The number of hydrogen-bond donors (Lipinski definition) is 2. The van der Waals surface area contributed by atoms with Crippen molar-refractivity contribution in [3.05, 3.63) is 58.3 Å². The Kier molecular flexibility index (Phi) is 5.11. The first kappa shape index (κ1) is 15.3. The van der Waals surface area contributed by atoms with Gasteiger partial charge in [0.15, 0.2) is 0 Å². The van der Waals surface area contributed by atoms with E-state index in [9.17, 15) is 14.7 Å². The zero-order valence-corrected chi connectivity index (χ0v) is 12.5. The molecule has 0 fully saturated rings. The van der Waals surface area contributed by atoms with E-state index in [2.05, 4.69) is 5.32 Å². The van der Waals surface area contributed by atoms with Gasteiger partial charge in [-0.1, -0.05) is 36.4 Å². The van der Waals surface area contributed by atoms with E-state index in [4.69, 9.17) is 0 Å². The highest BCUT2D eigenvalue weighted by Gasteiger charge is 2.26. The van der Waals surface area contributed by atoms with Crippen LogP contribution in [0.3, 0.4) is 0 Å². The van der Waals surface area contributed by atoms with Crippen LogP contribution in [0.25, 0.3) is 0 Å². The summed E-state index contributed by atoms with van der Waals surface area (Å²) in [6.45, 7) is 1.60. The zero-order valence-electron chi connectivity index (χ0n) is 11.7. The first-order valence-electron chi connectivity index (χ1n) is 6.67. The van der Waals surface area contributed by atoms with Gasteiger partial charge in [-0.15, -0.1) is 11.3 Å². The minimum atomic E-state index is -0.930. The van der Waals surface area contributed by atoms with Gasteiger partial charge in [0.1, 0.15) is 0 Å². The number of carbonyl (C=O) groups is 2. The summed E-state index contributed by atoms with van der Waals surface area (Å²) < 4.78 is 0. The van der Waals surface area contributed by atoms with Gasteiger partial charge in [-0.05, 0) is 23.9 Å². The summed E-state index contributed by atoms with van der Waals surface area (Å²) in [6, 6.07) is 12.4. The third-order valence-electron chi connectivity index (χ3n) is 3.28. The van der Waals surface area contributed by atoms with E-state index in [0.717, 1.165) is 10.4 Å². The van der Waals surface area contributed by atoms with E-state index in [1.165, 1.54) is 11.3 Å². The molecule has 1 aromatic heterocycles. The molecule has 2 unspecified atom stereocenters. The van der Waals surface area contributed by atoms with Crippen LogP contribution in [0.15, 0.2) is 47.8 Å². The Morgan fingerprint density at radius 3 is 2.48 bits per heavy atom. The average molecular weight is 303 g/mol. The lowest BCUT2D eigenvalue weighted by Crippen LogP contribution is -2.36. The Hall–Kier alpha value is -2.14. The average Bonchev–Trinajstić information content (AvgIpc) is 2.97. The quantitative estimate of drug-likeness (QED) is 0.862. The molecule has 1 amide bonds. The summed E-state index contributed by atoms with van der Waals surface area (Å²) in [5.41, 5.74) is 0.798. The molecule has 2 rings (SSSR count). The second-order valence-corrected chi connectivity index (χ2v) is 5.87. The normalized spacial score (nSPS) is 13.4. The lowest BCUT2D eigenvalue weighted by molar-refractivity contribution is -0.142. The maximum absolute atomic E-state index is 12.1. The molecule has 2 atom stereocenters. The second-order valence-electron chi connectivity index (χ2n) is 4.84. The van der Waals surface area contributed by atoms with Crippen molar-refractivity contribution in [1.29, 1.82) is 0 Å². The monoisotopic (exact) mass is 303 g/mol. The molecular weight excluding hydrogens is 286 g/mol. The summed E-state index contributed by atoms with van der Waals surface area (Å²) in [7, 11) is 0. The molecule has 0 bridgehead atoms. The first-order chi connectivity index (χ1) is 10.1. The van der Waals surface area contributed by atoms with Crippen LogP contribution >= 0.6 is 11.3 Å². The molecule has 2 N–H and O–H groups in total. The van der Waals surface area contributed by atoms with E-state index in [1.807, 2.05) is 47.8 Å². The molecule has 0 aliphatic carbocycles. The van der Waals surface area contributed by atoms with Gasteiger partial charge in [0, 0.05) is 4.88 Å². The van der Waals surface area contributed by atoms with Crippen molar-refractivity contribution in [2.75, 3.05) is 0 Å². The molecule has 0 saturated heterocycles. The highest BCUT2D eigenvalue weighted by molar-refractivity contribution is 7.10. The fraction of sp³-hybridized carbons (Fsp3) is 0.250. The number of thiophene rings is 1. The summed E-state index contributed by atoms with van der Waals surface area (Å²) >= 11 is 1.51. The molecule has 1 heterocycles. The number of carboxylic acids is 1. The number of rotatable bonds is 6. The Morgan fingerprint density at radius 1 is 1.19 bits per heavy atom. The smallest absolute Gasteiger partial charge is 0.308 e. The van der Waals surface area contributed by atoms with Crippen molar-refractivity contribution in [3.63, 3.8) is 0 Å². The lowest BCUT2D eigenvalue weighted by Gasteiger charge is -2.22. The number of aliphatic carboxylic acids is 1. The predicted octanol–water partition coefficient (Wildman–Crippen LogP) is 2.87. The minimum absolute atomic E-state index is 0.167. The molecule has 110 valence electrons. The van der Waals surface area contributed by atoms with E-state index < -0.39 is 17.9 Å². The van der Waals surface area contributed by atoms with Crippen LogP contribution in [0.1, 0.15) is 23.4 Å². The molecule has 0 saturated carbocycles. The maximum atomic E-state index is 12.1. The van der Waals surface area contributed by atoms with E-state index in [0.29, 0.717) is 0 Å². The second kappa shape index (κ2) is 7.04. The van der Waals surface area contributed by atoms with Gasteiger partial charge < -0.3 is 10.4 Å². The van der Waals surface area contributed by atoms with Crippen LogP contribution < -0.4 is 5.32 Å². The topological polar surface area (TPSA) is 66.4 Å². The van der Waals surface area contributed by atoms with Crippen LogP contribution in [0, 0.1) is 5.92 Å². The molecule has 1 aromatic carbocycles. The van der Waals surface area contributed by atoms with Gasteiger partial charge in [0.2, 0.25) is 5.91 Å². The highest BCUT2D eigenvalue weighted by Crippen LogP contribution is 2.22. The number of hydrogen-bond acceptors (Lipinski definition) is 3. The van der Waals surface area contributed by atoms with E-state index in [-0.39, 0.29) is 12.3 Å². The SMILES string of the molecule is CC(C(=O)O)C(NC(=O)Cc1cccs1)c1ccccc1. The number of amides is 1. The predicted molar refractivity (Wildman–Crippen MR) is 82.1 cm³/mol. The molecule has 0 radical (unpaired) electrons. The molecular formula is C16H17NO3S. The van der Waals surface area contributed by atoms with E-state index >= 15 is 0 Å². The number of carboxylic acid groups (broad SMARTS) is 1. The molecule has 0 spiro atoms. The summed E-state index contributed by atoms with van der Waals surface area (Å²) in [6.07, 6.45) is 0.271. The van der Waals surface area contributed by atoms with Crippen molar-refractivity contribution in [2.45, 2.75) is 19.4 Å². The van der Waals surface area contributed by atoms with Crippen molar-refractivity contribution in [3.8, 4) is 0 Å². The summed E-state index contributed by atoms with van der Waals surface area (Å²) in [4.78, 5) is 24.3. The van der Waals surface area contributed by atoms with Gasteiger partial charge in [-0.25, -0.2) is 0 Å². The van der Waals surface area contributed by atoms with Gasteiger partial charge in [-0.2, -0.15) is 0 Å². The molecule has 4 nitrogen and oxygen atoms in total. The fourth-order valence-electron chi connectivity index (χ4n) is 2.10. The van der Waals surface area contributed by atoms with Crippen LogP contribution in [0.5, 0.6) is 0 Å². The van der Waals surface area contributed by atoms with Crippen LogP contribution in [0.4, 0.5) is 0 Å². The van der Waals surface area contributed by atoms with Crippen LogP contribution in [0.2, 0.25) is 0 Å². The molecule has 0 aliphatic heterocycles. The van der Waals surface area contributed by atoms with Gasteiger partial charge in [-0.3, -0.25) is 9.59 Å². The maximum Gasteiger partial charge on any atom is 0.308 e. The zero-order chi connectivity index (χ0) is 15.2. The number of carbonyl (C=O) groups excluding carboxylic acids is 1. The first-order valence-corrected chi connectivity index (χ1v) is 7.55. The van der Waals surface area contributed by atoms with Gasteiger partial charge >= 0.3 is 5.97 Å². The Morgan fingerprint density at radius 2 is 1.90 bits per heavy atom. The van der Waals surface area contributed by atoms with E-state index in [1.54, 1.807) is 6.92 Å². The Bertz CT molecular complexity index is 595. The van der Waals surface area contributed by atoms with Crippen molar-refractivity contribution in [2.24, 2.45) is 5.92 Å². The number of nitrogens with one attached hydrogen (secondary N) is 1. The molecule has 0 aliphatic rings. The summed E-state index contributed by atoms with van der Waals surface area (Å²) in [5, 5.41) is 14.0. The van der Waals surface area contributed by atoms with Gasteiger partial charge in [0.05, 0.1) is 18.4 Å². The molecule has 5 heteroatoms. The minimum Gasteiger partial charge on any atom is -0.481 e. The largest absolute Gasteiger partial charge is 0.481 e. The Labute approximate surface area is 127 Å². The van der Waals surface area contributed by atoms with Crippen LogP contribution in [-0.2, 0) is 16.0 Å². The van der Waals surface area contributed by atoms with Crippen LogP contribution in [-0.4, -0.2) is 17.0 Å².